The van der Waals surface area contributed by atoms with Gasteiger partial charge in [-0.2, -0.15) is 0 Å². The van der Waals surface area contributed by atoms with Gasteiger partial charge in [-0.15, -0.1) is 0 Å². The molecule has 3 aromatic rings. The Bertz CT molecular complexity index is 914. The highest BCUT2D eigenvalue weighted by Gasteiger charge is 2.15. The van der Waals surface area contributed by atoms with Crippen LogP contribution >= 0.6 is 0 Å². The van der Waals surface area contributed by atoms with Crippen molar-refractivity contribution in [2.45, 2.75) is 38.1 Å². The maximum Gasteiger partial charge on any atom is 0.320 e. The molecule has 1 aliphatic rings. The van der Waals surface area contributed by atoms with Gasteiger partial charge >= 0.3 is 6.03 Å². The minimum absolute atomic E-state index is 0.187. The second-order valence-electron chi connectivity index (χ2n) is 6.87. The lowest BCUT2D eigenvalue weighted by Gasteiger charge is -2.22. The van der Waals surface area contributed by atoms with Gasteiger partial charge in [0.05, 0.1) is 23.1 Å². The zero-order valence-electron chi connectivity index (χ0n) is 15.1. The van der Waals surface area contributed by atoms with Crippen molar-refractivity contribution in [1.82, 2.24) is 15.3 Å². The number of hydrogen-bond acceptors (Lipinski definition) is 4. The summed E-state index contributed by atoms with van der Waals surface area (Å²) in [5.74, 6) is 0.532. The van der Waals surface area contributed by atoms with Crippen molar-refractivity contribution >= 4 is 34.1 Å². The molecule has 1 fully saturated rings. The Morgan fingerprint density at radius 1 is 0.963 bits per heavy atom. The number of amides is 2. The summed E-state index contributed by atoms with van der Waals surface area (Å²) in [4.78, 5) is 20.9. The molecule has 0 spiro atoms. The second-order valence-corrected chi connectivity index (χ2v) is 6.87. The number of carbonyl (C=O) groups is 1. The molecule has 0 saturated heterocycles. The van der Waals surface area contributed by atoms with Gasteiger partial charge in [0.15, 0.2) is 0 Å². The predicted octanol–water partition coefficient (Wildman–Crippen LogP) is 4.83. The van der Waals surface area contributed by atoms with E-state index in [1.165, 1.54) is 19.3 Å². The molecule has 2 heterocycles. The molecule has 0 unspecified atom stereocenters. The molecule has 138 valence electrons. The SMILES string of the molecule is O=C(Nc1ccc(Nc2cccc3cccnc23)cn1)NC1CCCCC1. The first-order valence-electron chi connectivity index (χ1n) is 9.42. The fraction of sp³-hybridized carbons (Fsp3) is 0.286. The Morgan fingerprint density at radius 3 is 2.63 bits per heavy atom. The summed E-state index contributed by atoms with van der Waals surface area (Å²) in [5.41, 5.74) is 2.67. The number of rotatable bonds is 4. The number of benzene rings is 1. The molecule has 0 bridgehead atoms. The van der Waals surface area contributed by atoms with E-state index in [0.717, 1.165) is 35.1 Å². The summed E-state index contributed by atoms with van der Waals surface area (Å²) in [6, 6.07) is 13.7. The van der Waals surface area contributed by atoms with Crippen LogP contribution in [0.3, 0.4) is 0 Å². The lowest BCUT2D eigenvalue weighted by Crippen LogP contribution is -2.39. The summed E-state index contributed by atoms with van der Waals surface area (Å²) in [7, 11) is 0. The van der Waals surface area contributed by atoms with E-state index in [2.05, 4.69) is 25.9 Å². The topological polar surface area (TPSA) is 78.9 Å². The van der Waals surface area contributed by atoms with Crippen molar-refractivity contribution in [3.05, 3.63) is 54.9 Å². The van der Waals surface area contributed by atoms with Gasteiger partial charge in [0.25, 0.3) is 0 Å². The van der Waals surface area contributed by atoms with Crippen molar-refractivity contribution in [3.8, 4) is 0 Å². The monoisotopic (exact) mass is 361 g/mol. The van der Waals surface area contributed by atoms with Gasteiger partial charge in [0.1, 0.15) is 5.82 Å². The molecule has 2 amide bonds. The number of nitrogens with one attached hydrogen (secondary N) is 3. The standard InChI is InChI=1S/C21H23N5O/c27-21(25-16-8-2-1-3-9-16)26-19-12-11-17(14-23-19)24-18-10-4-6-15-7-5-13-22-20(15)18/h4-7,10-14,16,24H,1-3,8-9H2,(H2,23,25,26,27). The van der Waals surface area contributed by atoms with Crippen molar-refractivity contribution in [1.29, 1.82) is 0 Å². The van der Waals surface area contributed by atoms with E-state index >= 15 is 0 Å². The molecule has 1 aliphatic carbocycles. The molecule has 2 aromatic heterocycles. The largest absolute Gasteiger partial charge is 0.352 e. The number of pyridine rings is 2. The summed E-state index contributed by atoms with van der Waals surface area (Å²) < 4.78 is 0. The van der Waals surface area contributed by atoms with Gasteiger partial charge in [-0.3, -0.25) is 10.3 Å². The molecular formula is C21H23N5O. The Kier molecular flexibility index (Phi) is 5.14. The van der Waals surface area contributed by atoms with Crippen molar-refractivity contribution < 1.29 is 4.79 Å². The molecule has 6 heteroatoms. The van der Waals surface area contributed by atoms with E-state index in [9.17, 15) is 4.79 Å². The maximum absolute atomic E-state index is 12.1. The number of carbonyl (C=O) groups excluding carboxylic acids is 1. The average Bonchev–Trinajstić information content (AvgIpc) is 2.70. The first-order valence-corrected chi connectivity index (χ1v) is 9.42. The fourth-order valence-corrected chi connectivity index (χ4v) is 3.49. The number of para-hydroxylation sites is 1. The maximum atomic E-state index is 12.1. The smallest absolute Gasteiger partial charge is 0.320 e. The van der Waals surface area contributed by atoms with Crippen LogP contribution in [0.15, 0.2) is 54.9 Å². The van der Waals surface area contributed by atoms with Crippen molar-refractivity contribution in [3.63, 3.8) is 0 Å². The van der Waals surface area contributed by atoms with Gasteiger partial charge in [0, 0.05) is 17.6 Å². The van der Waals surface area contributed by atoms with E-state index in [0.29, 0.717) is 5.82 Å². The molecule has 0 aliphatic heterocycles. The minimum atomic E-state index is -0.187. The third-order valence-electron chi connectivity index (χ3n) is 4.86. The average molecular weight is 361 g/mol. The van der Waals surface area contributed by atoms with Crippen LogP contribution in [0.5, 0.6) is 0 Å². The summed E-state index contributed by atoms with van der Waals surface area (Å²) in [6.07, 6.45) is 9.24. The highest BCUT2D eigenvalue weighted by molar-refractivity contribution is 5.92. The van der Waals surface area contributed by atoms with E-state index in [1.807, 2.05) is 36.4 Å². The normalized spacial score (nSPS) is 14.7. The summed E-state index contributed by atoms with van der Waals surface area (Å²) >= 11 is 0. The van der Waals surface area contributed by atoms with Crippen LogP contribution in [0.25, 0.3) is 10.9 Å². The van der Waals surface area contributed by atoms with Gasteiger partial charge in [-0.05, 0) is 37.1 Å². The predicted molar refractivity (Wildman–Crippen MR) is 108 cm³/mol. The lowest BCUT2D eigenvalue weighted by atomic mass is 9.96. The van der Waals surface area contributed by atoms with Crippen LogP contribution in [0.1, 0.15) is 32.1 Å². The zero-order valence-corrected chi connectivity index (χ0v) is 15.1. The van der Waals surface area contributed by atoms with Crippen LogP contribution < -0.4 is 16.0 Å². The van der Waals surface area contributed by atoms with Gasteiger partial charge in [-0.25, -0.2) is 9.78 Å². The molecule has 1 saturated carbocycles. The number of hydrogen-bond donors (Lipinski definition) is 3. The quantitative estimate of drug-likeness (QED) is 0.622. The molecular weight excluding hydrogens is 338 g/mol. The number of urea groups is 1. The molecule has 4 rings (SSSR count). The molecule has 1 aromatic carbocycles. The third kappa shape index (κ3) is 4.34. The molecule has 0 radical (unpaired) electrons. The number of fused-ring (bicyclic) bond motifs is 1. The van der Waals surface area contributed by atoms with E-state index in [4.69, 9.17) is 0 Å². The van der Waals surface area contributed by atoms with E-state index in [-0.39, 0.29) is 12.1 Å². The Morgan fingerprint density at radius 2 is 1.81 bits per heavy atom. The molecule has 3 N–H and O–H groups in total. The van der Waals surface area contributed by atoms with Gasteiger partial charge < -0.3 is 10.6 Å². The highest BCUT2D eigenvalue weighted by Crippen LogP contribution is 2.24. The molecule has 0 atom stereocenters. The van der Waals surface area contributed by atoms with E-state index < -0.39 is 0 Å². The zero-order chi connectivity index (χ0) is 18.5. The Hall–Kier alpha value is -3.15. The first kappa shape index (κ1) is 17.3. The second kappa shape index (κ2) is 8.03. The van der Waals surface area contributed by atoms with Crippen LogP contribution in [0, 0.1) is 0 Å². The third-order valence-corrected chi connectivity index (χ3v) is 4.86. The Balaban J connectivity index is 1.39. The van der Waals surface area contributed by atoms with Crippen LogP contribution in [0.4, 0.5) is 22.0 Å². The number of aromatic nitrogens is 2. The fourth-order valence-electron chi connectivity index (χ4n) is 3.49. The van der Waals surface area contributed by atoms with Crippen LogP contribution in [-0.4, -0.2) is 22.0 Å². The number of anilines is 3. The summed E-state index contributed by atoms with van der Waals surface area (Å²) in [5, 5.41) is 10.3. The van der Waals surface area contributed by atoms with Crippen molar-refractivity contribution in [2.24, 2.45) is 0 Å². The van der Waals surface area contributed by atoms with E-state index in [1.54, 1.807) is 18.5 Å². The Labute approximate surface area is 158 Å². The van der Waals surface area contributed by atoms with Crippen LogP contribution in [-0.2, 0) is 0 Å². The molecule has 6 nitrogen and oxygen atoms in total. The van der Waals surface area contributed by atoms with Crippen molar-refractivity contribution in [2.75, 3.05) is 10.6 Å². The minimum Gasteiger partial charge on any atom is -0.352 e. The van der Waals surface area contributed by atoms with Gasteiger partial charge in [-0.1, -0.05) is 37.5 Å². The van der Waals surface area contributed by atoms with Crippen LogP contribution in [0.2, 0.25) is 0 Å². The number of nitrogens with zero attached hydrogens (tertiary/aromatic N) is 2. The van der Waals surface area contributed by atoms with Gasteiger partial charge in [0.2, 0.25) is 0 Å². The summed E-state index contributed by atoms with van der Waals surface area (Å²) in [6.45, 7) is 0. The highest BCUT2D eigenvalue weighted by atomic mass is 16.2. The lowest BCUT2D eigenvalue weighted by molar-refractivity contribution is 0.244. The molecule has 27 heavy (non-hydrogen) atoms. The first-order chi connectivity index (χ1) is 13.3.